The third-order valence-corrected chi connectivity index (χ3v) is 4.33. The minimum Gasteiger partial charge on any atom is -0.357 e. The highest BCUT2D eigenvalue weighted by Crippen LogP contribution is 2.28. The van der Waals surface area contributed by atoms with E-state index in [2.05, 4.69) is 15.8 Å². The second-order valence-corrected chi connectivity index (χ2v) is 6.04. The lowest BCUT2D eigenvalue weighted by Gasteiger charge is -2.03. The molecule has 2 heterocycles. The second kappa shape index (κ2) is 7.43. The highest BCUT2D eigenvalue weighted by Gasteiger charge is 2.06. The van der Waals surface area contributed by atoms with Crippen molar-refractivity contribution in [3.05, 3.63) is 77.4 Å². The van der Waals surface area contributed by atoms with Crippen LogP contribution in [0.25, 0.3) is 16.5 Å². The van der Waals surface area contributed by atoms with Gasteiger partial charge in [-0.3, -0.25) is 20.4 Å². The largest absolute Gasteiger partial charge is 0.357 e. The molecule has 0 radical (unpaired) electrons. The number of carbonyl (C=O) groups is 2. The van der Waals surface area contributed by atoms with Gasteiger partial charge in [0.2, 0.25) is 0 Å². The van der Waals surface area contributed by atoms with E-state index >= 15 is 0 Å². The molecular formula is C18H15N3O2S. The van der Waals surface area contributed by atoms with Gasteiger partial charge < -0.3 is 4.98 Å². The third kappa shape index (κ3) is 3.99. The number of hydrazine groups is 1. The predicted octanol–water partition coefficient (Wildman–Crippen LogP) is 3.22. The highest BCUT2D eigenvalue weighted by atomic mass is 32.1. The van der Waals surface area contributed by atoms with Crippen molar-refractivity contribution >= 4 is 29.2 Å². The Balaban J connectivity index is 1.55. The Labute approximate surface area is 143 Å². The Morgan fingerprint density at radius 3 is 2.54 bits per heavy atom. The first-order chi connectivity index (χ1) is 11.7. The smallest absolute Gasteiger partial charge is 0.286 e. The summed E-state index contributed by atoms with van der Waals surface area (Å²) in [6, 6.07) is 17.3. The fourth-order valence-corrected chi connectivity index (χ4v) is 2.97. The second-order valence-electron chi connectivity index (χ2n) is 4.93. The maximum Gasteiger partial charge on any atom is 0.286 e. The summed E-state index contributed by atoms with van der Waals surface area (Å²) in [5.74, 6) is -0.797. The zero-order chi connectivity index (χ0) is 16.8. The van der Waals surface area contributed by atoms with Crippen molar-refractivity contribution in [2.24, 2.45) is 0 Å². The van der Waals surface area contributed by atoms with Crippen molar-refractivity contribution in [1.82, 2.24) is 15.8 Å². The molecule has 2 amide bonds. The third-order valence-electron chi connectivity index (χ3n) is 3.23. The molecule has 24 heavy (non-hydrogen) atoms. The van der Waals surface area contributed by atoms with Crippen LogP contribution in [-0.4, -0.2) is 16.8 Å². The van der Waals surface area contributed by atoms with Gasteiger partial charge in [-0.25, -0.2) is 0 Å². The topological polar surface area (TPSA) is 74.0 Å². The average molecular weight is 337 g/mol. The SMILES string of the molecule is O=C(/C=C/c1ccc(-c2ccccc2)s1)NNC(=O)c1ccc[nH]1. The maximum absolute atomic E-state index is 11.7. The molecule has 3 aromatic rings. The van der Waals surface area contributed by atoms with E-state index in [4.69, 9.17) is 0 Å². The van der Waals surface area contributed by atoms with Crippen LogP contribution < -0.4 is 10.9 Å². The molecule has 5 nitrogen and oxygen atoms in total. The summed E-state index contributed by atoms with van der Waals surface area (Å²) in [7, 11) is 0. The van der Waals surface area contributed by atoms with Crippen LogP contribution in [0.15, 0.2) is 66.9 Å². The molecule has 0 unspecified atom stereocenters. The number of hydrogen-bond donors (Lipinski definition) is 3. The van der Waals surface area contributed by atoms with Crippen LogP contribution >= 0.6 is 11.3 Å². The zero-order valence-electron chi connectivity index (χ0n) is 12.7. The van der Waals surface area contributed by atoms with Gasteiger partial charge in [0.05, 0.1) is 0 Å². The van der Waals surface area contributed by atoms with E-state index in [1.54, 1.807) is 35.7 Å². The van der Waals surface area contributed by atoms with E-state index in [-0.39, 0.29) is 0 Å². The Morgan fingerprint density at radius 1 is 0.958 bits per heavy atom. The van der Waals surface area contributed by atoms with Crippen molar-refractivity contribution in [3.8, 4) is 10.4 Å². The maximum atomic E-state index is 11.7. The number of rotatable bonds is 4. The predicted molar refractivity (Wildman–Crippen MR) is 95.2 cm³/mol. The summed E-state index contributed by atoms with van der Waals surface area (Å²) in [4.78, 5) is 28.3. The van der Waals surface area contributed by atoms with E-state index in [9.17, 15) is 9.59 Å². The van der Waals surface area contributed by atoms with Crippen LogP contribution in [-0.2, 0) is 4.79 Å². The molecule has 120 valence electrons. The van der Waals surface area contributed by atoms with Crippen molar-refractivity contribution < 1.29 is 9.59 Å². The average Bonchev–Trinajstić information content (AvgIpc) is 3.30. The Bertz CT molecular complexity index is 852. The van der Waals surface area contributed by atoms with Crippen LogP contribution in [0.5, 0.6) is 0 Å². The standard InChI is InChI=1S/C18H15N3O2S/c22-17(20-21-18(23)15-7-4-12-19-15)11-9-14-8-10-16(24-14)13-5-2-1-3-6-13/h1-12,19H,(H,20,22)(H,21,23)/b11-9+. The summed E-state index contributed by atoms with van der Waals surface area (Å²) in [5, 5.41) is 0. The normalized spacial score (nSPS) is 10.7. The quantitative estimate of drug-likeness (QED) is 0.505. The molecule has 3 rings (SSSR count). The number of nitrogens with one attached hydrogen (secondary N) is 3. The van der Waals surface area contributed by atoms with Crippen LogP contribution in [0.4, 0.5) is 0 Å². The summed E-state index contributed by atoms with van der Waals surface area (Å²) in [6.07, 6.45) is 4.74. The fourth-order valence-electron chi connectivity index (χ4n) is 2.06. The van der Waals surface area contributed by atoms with Crippen molar-refractivity contribution in [1.29, 1.82) is 0 Å². The van der Waals surface area contributed by atoms with Gasteiger partial charge in [-0.1, -0.05) is 30.3 Å². The first kappa shape index (κ1) is 15.8. The fraction of sp³-hybridized carbons (Fsp3) is 0. The molecule has 0 spiro atoms. The van der Waals surface area contributed by atoms with Gasteiger partial charge in [0, 0.05) is 22.0 Å². The molecule has 0 saturated carbocycles. The number of carbonyl (C=O) groups excluding carboxylic acids is 2. The van der Waals surface area contributed by atoms with Gasteiger partial charge in [-0.05, 0) is 35.9 Å². The molecule has 1 aromatic carbocycles. The lowest BCUT2D eigenvalue weighted by molar-refractivity contribution is -0.117. The minimum atomic E-state index is -0.399. The van der Waals surface area contributed by atoms with Crippen LogP contribution in [0.1, 0.15) is 15.4 Å². The number of aromatic nitrogens is 1. The lowest BCUT2D eigenvalue weighted by atomic mass is 10.2. The molecule has 0 aliphatic carbocycles. The first-order valence-corrected chi connectivity index (χ1v) is 8.11. The number of H-pyrrole nitrogens is 1. The minimum absolute atomic E-state index is 0.380. The van der Waals surface area contributed by atoms with Crippen LogP contribution in [0.3, 0.4) is 0 Å². The first-order valence-electron chi connectivity index (χ1n) is 7.29. The van der Waals surface area contributed by atoms with Gasteiger partial charge in [0.15, 0.2) is 0 Å². The van der Waals surface area contributed by atoms with E-state index in [0.29, 0.717) is 5.69 Å². The van der Waals surface area contributed by atoms with E-state index in [1.165, 1.54) is 6.08 Å². The van der Waals surface area contributed by atoms with Crippen molar-refractivity contribution in [3.63, 3.8) is 0 Å². The van der Waals surface area contributed by atoms with Crippen molar-refractivity contribution in [2.45, 2.75) is 0 Å². The zero-order valence-corrected chi connectivity index (χ0v) is 13.5. The van der Waals surface area contributed by atoms with E-state index < -0.39 is 11.8 Å². The van der Waals surface area contributed by atoms with Gasteiger partial charge in [0.1, 0.15) is 5.69 Å². The monoisotopic (exact) mass is 337 g/mol. The number of benzene rings is 1. The van der Waals surface area contributed by atoms with Crippen LogP contribution in [0.2, 0.25) is 0 Å². The molecule has 0 aliphatic heterocycles. The Hall–Kier alpha value is -3.12. The number of hydrogen-bond acceptors (Lipinski definition) is 3. The lowest BCUT2D eigenvalue weighted by Crippen LogP contribution is -2.40. The van der Waals surface area contributed by atoms with Gasteiger partial charge in [-0.15, -0.1) is 11.3 Å². The van der Waals surface area contributed by atoms with Crippen LogP contribution in [0, 0.1) is 0 Å². The summed E-state index contributed by atoms with van der Waals surface area (Å²) in [5.41, 5.74) is 6.20. The molecule has 0 saturated heterocycles. The molecule has 3 N–H and O–H groups in total. The number of amides is 2. The van der Waals surface area contributed by atoms with Gasteiger partial charge >= 0.3 is 0 Å². The van der Waals surface area contributed by atoms with E-state index in [0.717, 1.165) is 15.3 Å². The highest BCUT2D eigenvalue weighted by molar-refractivity contribution is 7.16. The summed E-state index contributed by atoms with van der Waals surface area (Å²) in [6.45, 7) is 0. The molecule has 2 aromatic heterocycles. The Morgan fingerprint density at radius 2 is 1.79 bits per heavy atom. The molecule has 0 fully saturated rings. The molecule has 6 heteroatoms. The molecule has 0 atom stereocenters. The molecule has 0 bridgehead atoms. The van der Waals surface area contributed by atoms with E-state index in [1.807, 2.05) is 42.5 Å². The van der Waals surface area contributed by atoms with Gasteiger partial charge in [-0.2, -0.15) is 0 Å². The number of thiophene rings is 1. The summed E-state index contributed by atoms with van der Waals surface area (Å²) < 4.78 is 0. The van der Waals surface area contributed by atoms with Crippen molar-refractivity contribution in [2.75, 3.05) is 0 Å². The summed E-state index contributed by atoms with van der Waals surface area (Å²) >= 11 is 1.59. The Kier molecular flexibility index (Phi) is 4.88. The van der Waals surface area contributed by atoms with Gasteiger partial charge in [0.25, 0.3) is 11.8 Å². The number of aromatic amines is 1. The molecule has 0 aliphatic rings. The molecular weight excluding hydrogens is 322 g/mol.